The van der Waals surface area contributed by atoms with E-state index in [-0.39, 0.29) is 0 Å². The van der Waals surface area contributed by atoms with Gasteiger partial charge in [0.25, 0.3) is 0 Å². The number of hydrogen-bond donors (Lipinski definition) is 1. The highest BCUT2D eigenvalue weighted by Crippen LogP contribution is 2.36. The lowest BCUT2D eigenvalue weighted by atomic mass is 10.1. The van der Waals surface area contributed by atoms with Crippen molar-refractivity contribution >= 4 is 39.0 Å². The van der Waals surface area contributed by atoms with Gasteiger partial charge in [0.05, 0.1) is 9.04 Å². The Hall–Kier alpha value is -0.290. The summed E-state index contributed by atoms with van der Waals surface area (Å²) in [5, 5.41) is 0.390. The van der Waals surface area contributed by atoms with Gasteiger partial charge in [0.1, 0.15) is 0 Å². The Morgan fingerprint density at radius 1 is 1.28 bits per heavy atom. The fourth-order valence-electron chi connectivity index (χ4n) is 1.73. The first kappa shape index (κ1) is 14.1. The number of hydrogen-bond acceptors (Lipinski definition) is 3. The van der Waals surface area contributed by atoms with Crippen LogP contribution in [0.4, 0.5) is 0 Å². The molecule has 1 unspecified atom stereocenters. The van der Waals surface area contributed by atoms with Crippen LogP contribution in [0, 0.1) is 6.92 Å². The minimum Gasteiger partial charge on any atom is -0.329 e. The third-order valence-electron chi connectivity index (χ3n) is 2.83. The van der Waals surface area contributed by atoms with Crippen LogP contribution in [0.3, 0.4) is 0 Å². The quantitative estimate of drug-likeness (QED) is 0.848. The monoisotopic (exact) mass is 341 g/mol. The molecule has 2 aromatic rings. The molecule has 0 saturated carbocycles. The molecular weight excluding hydrogens is 326 g/mol. The molecule has 2 N–H and O–H groups in total. The molecule has 0 fully saturated rings. The Morgan fingerprint density at radius 3 is 2.67 bits per heavy atom. The summed E-state index contributed by atoms with van der Waals surface area (Å²) in [6.07, 6.45) is 0. The molecule has 0 radical (unpaired) electrons. The van der Waals surface area contributed by atoms with Gasteiger partial charge in [-0.1, -0.05) is 24.3 Å². The van der Waals surface area contributed by atoms with Crippen LogP contribution < -0.4 is 5.73 Å². The molecule has 0 spiro atoms. The number of nitrogens with two attached hydrogens (primary N) is 1. The molecule has 0 aliphatic heterocycles. The topological polar surface area (TPSA) is 26.0 Å². The first-order valence-electron chi connectivity index (χ1n) is 5.82. The van der Waals surface area contributed by atoms with Gasteiger partial charge in [-0.3, -0.25) is 0 Å². The molecule has 18 heavy (non-hydrogen) atoms. The Bertz CT molecular complexity index is 510. The van der Waals surface area contributed by atoms with Crippen LogP contribution in [0.25, 0.3) is 0 Å². The van der Waals surface area contributed by atoms with Gasteiger partial charge in [-0.15, -0.1) is 23.1 Å². The van der Waals surface area contributed by atoms with Crippen LogP contribution in [0.15, 0.2) is 40.2 Å². The van der Waals surface area contributed by atoms with Crippen molar-refractivity contribution in [3.8, 4) is 0 Å². The summed E-state index contributed by atoms with van der Waals surface area (Å²) in [4.78, 5) is 1.35. The summed E-state index contributed by atoms with van der Waals surface area (Å²) >= 11 is 7.20. The molecular formula is C14H16BrNS2. The molecule has 1 nitrogen and oxygen atoms in total. The van der Waals surface area contributed by atoms with E-state index in [9.17, 15) is 0 Å². The van der Waals surface area contributed by atoms with Crippen molar-refractivity contribution in [3.63, 3.8) is 0 Å². The largest absolute Gasteiger partial charge is 0.329 e. The van der Waals surface area contributed by atoms with Gasteiger partial charge < -0.3 is 5.73 Å². The van der Waals surface area contributed by atoms with Gasteiger partial charge in [0.15, 0.2) is 0 Å². The minimum atomic E-state index is 0.390. The number of thioether (sulfide) groups is 1. The molecule has 1 atom stereocenters. The molecule has 0 aliphatic rings. The number of thiophene rings is 1. The van der Waals surface area contributed by atoms with Gasteiger partial charge >= 0.3 is 0 Å². The fraction of sp³-hybridized carbons (Fsp3) is 0.286. The Balaban J connectivity index is 2.02. The summed E-state index contributed by atoms with van der Waals surface area (Å²) in [7, 11) is 0. The SMILES string of the molecule is Cc1ccccc1CSC(CN)c1ccc(Br)s1. The minimum absolute atomic E-state index is 0.390. The summed E-state index contributed by atoms with van der Waals surface area (Å²) in [6, 6.07) is 12.8. The van der Waals surface area contributed by atoms with E-state index in [4.69, 9.17) is 5.73 Å². The van der Waals surface area contributed by atoms with Crippen molar-refractivity contribution < 1.29 is 0 Å². The van der Waals surface area contributed by atoms with E-state index in [1.54, 1.807) is 11.3 Å². The van der Waals surface area contributed by atoms with E-state index in [2.05, 4.69) is 59.3 Å². The third kappa shape index (κ3) is 3.60. The maximum absolute atomic E-state index is 5.89. The summed E-state index contributed by atoms with van der Waals surface area (Å²) in [5.74, 6) is 1.02. The Morgan fingerprint density at radius 2 is 2.06 bits per heavy atom. The zero-order chi connectivity index (χ0) is 13.0. The molecule has 2 rings (SSSR count). The predicted molar refractivity (Wildman–Crippen MR) is 86.3 cm³/mol. The standard InChI is InChI=1S/C14H16BrNS2/c1-10-4-2-3-5-11(10)9-17-13(8-16)12-6-7-14(15)18-12/h2-7,13H,8-9,16H2,1H3. The van der Waals surface area contributed by atoms with Crippen molar-refractivity contribution in [2.75, 3.05) is 6.54 Å². The average molecular weight is 342 g/mol. The second-order valence-corrected chi connectivity index (χ2v) is 7.79. The summed E-state index contributed by atoms with van der Waals surface area (Å²) in [6.45, 7) is 2.85. The lowest BCUT2D eigenvalue weighted by molar-refractivity contribution is 0.959. The van der Waals surface area contributed by atoms with E-state index in [0.29, 0.717) is 11.8 Å². The van der Waals surface area contributed by atoms with Gasteiger partial charge in [-0.2, -0.15) is 0 Å². The van der Waals surface area contributed by atoms with Crippen LogP contribution in [-0.2, 0) is 5.75 Å². The van der Waals surface area contributed by atoms with E-state index >= 15 is 0 Å². The number of benzene rings is 1. The van der Waals surface area contributed by atoms with Crippen molar-refractivity contribution in [1.29, 1.82) is 0 Å². The van der Waals surface area contributed by atoms with Crippen LogP contribution >= 0.6 is 39.0 Å². The molecule has 1 aromatic carbocycles. The third-order valence-corrected chi connectivity index (χ3v) is 6.04. The zero-order valence-corrected chi connectivity index (χ0v) is 13.4. The zero-order valence-electron chi connectivity index (χ0n) is 10.2. The van der Waals surface area contributed by atoms with Crippen LogP contribution in [0.2, 0.25) is 0 Å². The molecule has 4 heteroatoms. The number of aryl methyl sites for hydroxylation is 1. The van der Waals surface area contributed by atoms with Crippen LogP contribution in [0.5, 0.6) is 0 Å². The molecule has 96 valence electrons. The van der Waals surface area contributed by atoms with Gasteiger partial charge in [0, 0.05) is 17.2 Å². The van der Waals surface area contributed by atoms with Crippen molar-refractivity contribution in [1.82, 2.24) is 0 Å². The molecule has 0 saturated heterocycles. The highest BCUT2D eigenvalue weighted by molar-refractivity contribution is 9.11. The smallest absolute Gasteiger partial charge is 0.0701 e. The van der Waals surface area contributed by atoms with Crippen LogP contribution in [0.1, 0.15) is 21.3 Å². The second-order valence-electron chi connectivity index (χ2n) is 4.10. The predicted octanol–water partition coefficient (Wildman–Crippen LogP) is 4.75. The van der Waals surface area contributed by atoms with Gasteiger partial charge in [0.2, 0.25) is 0 Å². The maximum Gasteiger partial charge on any atom is 0.0701 e. The highest BCUT2D eigenvalue weighted by Gasteiger charge is 2.13. The van der Waals surface area contributed by atoms with E-state index in [1.807, 2.05) is 11.8 Å². The van der Waals surface area contributed by atoms with Crippen molar-refractivity contribution in [3.05, 3.63) is 56.2 Å². The van der Waals surface area contributed by atoms with Gasteiger partial charge in [-0.25, -0.2) is 0 Å². The number of halogens is 1. The normalized spacial score (nSPS) is 12.6. The Kier molecular flexibility index (Phi) is 5.30. The van der Waals surface area contributed by atoms with Crippen LogP contribution in [-0.4, -0.2) is 6.54 Å². The lowest BCUT2D eigenvalue weighted by Crippen LogP contribution is -2.08. The molecule has 0 amide bonds. The number of rotatable bonds is 5. The molecule has 0 aliphatic carbocycles. The fourth-order valence-corrected chi connectivity index (χ4v) is 4.58. The highest BCUT2D eigenvalue weighted by atomic mass is 79.9. The second kappa shape index (κ2) is 6.75. The van der Waals surface area contributed by atoms with E-state index < -0.39 is 0 Å². The molecule has 1 heterocycles. The van der Waals surface area contributed by atoms with E-state index in [1.165, 1.54) is 19.8 Å². The maximum atomic E-state index is 5.89. The van der Waals surface area contributed by atoms with Gasteiger partial charge in [-0.05, 0) is 46.1 Å². The van der Waals surface area contributed by atoms with Crippen molar-refractivity contribution in [2.24, 2.45) is 5.73 Å². The summed E-state index contributed by atoms with van der Waals surface area (Å²) < 4.78 is 1.17. The van der Waals surface area contributed by atoms with E-state index in [0.717, 1.165) is 5.75 Å². The average Bonchev–Trinajstić information content (AvgIpc) is 2.79. The van der Waals surface area contributed by atoms with Crippen molar-refractivity contribution in [2.45, 2.75) is 17.9 Å². The summed E-state index contributed by atoms with van der Waals surface area (Å²) in [5.41, 5.74) is 8.64. The lowest BCUT2D eigenvalue weighted by Gasteiger charge is -2.13. The Labute approximate surface area is 125 Å². The first-order valence-corrected chi connectivity index (χ1v) is 8.48. The molecule has 0 bridgehead atoms. The first-order chi connectivity index (χ1) is 8.70. The molecule has 1 aromatic heterocycles.